The maximum absolute atomic E-state index is 15.2. The van der Waals surface area contributed by atoms with E-state index in [-0.39, 0.29) is 58.8 Å². The summed E-state index contributed by atoms with van der Waals surface area (Å²) in [5.41, 5.74) is -2.93. The van der Waals surface area contributed by atoms with Crippen LogP contribution < -0.4 is 8.61 Å². The molecule has 0 radical (unpaired) electrons. The van der Waals surface area contributed by atoms with E-state index in [4.69, 9.17) is 12.2 Å². The lowest BCUT2D eigenvalue weighted by Crippen LogP contribution is -2.49. The minimum atomic E-state index is -5.24. The van der Waals surface area contributed by atoms with Crippen molar-refractivity contribution in [3.63, 3.8) is 0 Å². The summed E-state index contributed by atoms with van der Waals surface area (Å²) in [6.07, 6.45) is 0. The molecular weight excluding hydrogens is 1070 g/mol. The van der Waals surface area contributed by atoms with E-state index in [1.807, 2.05) is 0 Å². The fraction of sp³-hybridized carbons (Fsp3) is 0.0930. The van der Waals surface area contributed by atoms with Crippen molar-refractivity contribution in [1.82, 2.24) is 8.61 Å². The number of nitro groups is 4. The lowest BCUT2D eigenvalue weighted by atomic mass is 10.2. The van der Waals surface area contributed by atoms with Gasteiger partial charge >= 0.3 is 0 Å². The maximum Gasteiger partial charge on any atom is 0.270 e. The number of non-ortho nitro benzene ring substituents is 4. The number of aliphatic imine (C=N–C) groups is 2. The van der Waals surface area contributed by atoms with Crippen molar-refractivity contribution >= 4 is 103 Å². The Hall–Kier alpha value is -8.65. The number of hydrogen-bond acceptors (Lipinski definition) is 19. The Morgan fingerprint density at radius 3 is 1.01 bits per heavy atom. The maximum atomic E-state index is 15.2. The van der Waals surface area contributed by atoms with Crippen LogP contribution in [0.25, 0.3) is 0 Å². The monoisotopic (exact) mass is 1100 g/mol. The first-order valence-electron chi connectivity index (χ1n) is 20.9. The molecular formula is C43H32N10O16S5. The first-order valence-corrected chi connectivity index (χ1v) is 27.1. The molecule has 0 saturated heterocycles. The predicted octanol–water partition coefficient (Wildman–Crippen LogP) is 5.60. The van der Waals surface area contributed by atoms with Gasteiger partial charge in [-0.05, 0) is 85.0 Å². The number of nitro benzene ring substituents is 4. The van der Waals surface area contributed by atoms with E-state index in [0.29, 0.717) is 8.61 Å². The molecule has 0 fully saturated rings. The molecule has 2 aliphatic rings. The van der Waals surface area contributed by atoms with E-state index in [9.17, 15) is 57.3 Å². The minimum absolute atomic E-state index is 0.0717. The molecule has 0 bridgehead atoms. The van der Waals surface area contributed by atoms with Crippen LogP contribution in [-0.2, 0) is 40.1 Å². The van der Waals surface area contributed by atoms with E-state index in [1.54, 1.807) is 0 Å². The Balaban J connectivity index is 1.29. The molecule has 0 aliphatic carbocycles. The highest BCUT2D eigenvalue weighted by atomic mass is 32.2. The van der Waals surface area contributed by atoms with Crippen LogP contribution in [0.15, 0.2) is 175 Å². The molecule has 2 aliphatic heterocycles. The minimum Gasteiger partial charge on any atom is -0.265 e. The number of hydrogen-bond donors (Lipinski definition) is 0. The van der Waals surface area contributed by atoms with Crippen LogP contribution in [0.3, 0.4) is 0 Å². The van der Waals surface area contributed by atoms with Gasteiger partial charge in [-0.25, -0.2) is 50.9 Å². The van der Waals surface area contributed by atoms with Crippen molar-refractivity contribution < 1.29 is 53.4 Å². The lowest BCUT2D eigenvalue weighted by Gasteiger charge is -2.33. The highest BCUT2D eigenvalue weighted by Crippen LogP contribution is 2.35. The number of benzene rings is 6. The number of thiocarbonyl (C=S) groups is 1. The Bertz CT molecular complexity index is 3600. The van der Waals surface area contributed by atoms with Gasteiger partial charge in [0.25, 0.3) is 62.8 Å². The van der Waals surface area contributed by atoms with Crippen molar-refractivity contribution in [2.75, 3.05) is 34.8 Å². The van der Waals surface area contributed by atoms with E-state index in [1.165, 1.54) is 24.3 Å². The SMILES string of the molecule is O=[N+]([O-])c1ccc(S(=O)(=O)N2CCN=C2c2cccc(N(C(=S)N(c3cccc(C4=NCCN4S(=O)(=O)c4ccc([N+](=O)[O-])cc4)c3)S(=O)(=O)c3ccc([N+](=O)[O-])cc3)S(=O)(=O)c3ccc([N+](=O)[O-])cc3)c2)cc1. The predicted molar refractivity (Wildman–Crippen MR) is 268 cm³/mol. The number of nitrogens with zero attached hydrogens (tertiary/aromatic N) is 10. The molecule has 0 aromatic heterocycles. The molecule has 0 unspecified atom stereocenters. The number of sulfonamides is 4. The molecule has 0 saturated carbocycles. The number of rotatable bonds is 16. The second-order valence-corrected chi connectivity index (χ2v) is 23.2. The van der Waals surface area contributed by atoms with Crippen LogP contribution in [0.1, 0.15) is 11.1 Å². The van der Waals surface area contributed by atoms with Crippen molar-refractivity contribution in [3.8, 4) is 0 Å². The second kappa shape index (κ2) is 19.8. The molecule has 74 heavy (non-hydrogen) atoms. The Morgan fingerprint density at radius 2 is 0.730 bits per heavy atom. The zero-order valence-electron chi connectivity index (χ0n) is 37.2. The van der Waals surface area contributed by atoms with E-state index >= 15 is 16.8 Å². The van der Waals surface area contributed by atoms with Crippen molar-refractivity contribution in [3.05, 3.63) is 197 Å². The van der Waals surface area contributed by atoms with Crippen LogP contribution in [0.4, 0.5) is 34.1 Å². The molecule has 6 aromatic rings. The summed E-state index contributed by atoms with van der Waals surface area (Å²) >= 11 is 5.91. The van der Waals surface area contributed by atoms with Gasteiger partial charge in [-0.15, -0.1) is 0 Å². The lowest BCUT2D eigenvalue weighted by molar-refractivity contribution is -0.385. The summed E-state index contributed by atoms with van der Waals surface area (Å²) in [7, 11) is -19.5. The average Bonchev–Trinajstić information content (AvgIpc) is 4.10. The zero-order chi connectivity index (χ0) is 53.5. The highest BCUT2D eigenvalue weighted by molar-refractivity contribution is 7.98. The average molecular weight is 1110 g/mol. The first-order chi connectivity index (χ1) is 34.9. The van der Waals surface area contributed by atoms with Gasteiger partial charge in [-0.2, -0.15) is 0 Å². The van der Waals surface area contributed by atoms with Gasteiger partial charge in [0.1, 0.15) is 11.7 Å². The van der Waals surface area contributed by atoms with Gasteiger partial charge in [0.05, 0.1) is 76.8 Å². The Kier molecular flexibility index (Phi) is 13.8. The van der Waals surface area contributed by atoms with Crippen LogP contribution in [0, 0.1) is 40.5 Å². The first kappa shape index (κ1) is 51.7. The topological polar surface area (TPSA) is 347 Å². The van der Waals surface area contributed by atoms with Gasteiger partial charge < -0.3 is 0 Å². The molecule has 380 valence electrons. The van der Waals surface area contributed by atoms with E-state index < -0.39 is 109 Å². The van der Waals surface area contributed by atoms with Gasteiger partial charge in [0.15, 0.2) is 0 Å². The standard InChI is InChI=1S/C43H32N10O16S5/c54-50(55)31-7-15-37(16-8-31)71(62,63)46-25-23-44-41(46)29-3-1-5-35(27-29)48(73(66,67)39-19-11-33(12-20-39)52(58)59)43(70)49(74(68,69)40-21-13-34(14-22-40)53(60)61)36-6-2-4-30(28-36)42-45-24-26-47(42)72(64,65)38-17-9-32(10-18-38)51(56)57/h1-22,27-28H,23-26H2. The summed E-state index contributed by atoms with van der Waals surface area (Å²) in [6.45, 7) is -0.690. The molecule has 0 atom stereocenters. The quantitative estimate of drug-likeness (QED) is 0.0646. The highest BCUT2D eigenvalue weighted by Gasteiger charge is 2.41. The smallest absolute Gasteiger partial charge is 0.265 e. The number of amidine groups is 2. The Labute approximate surface area is 424 Å². The molecule has 0 spiro atoms. The largest absolute Gasteiger partial charge is 0.270 e. The van der Waals surface area contributed by atoms with Crippen LogP contribution in [-0.4, -0.2) is 105 Å². The van der Waals surface area contributed by atoms with Gasteiger partial charge in [-0.3, -0.25) is 50.4 Å². The summed E-state index contributed by atoms with van der Waals surface area (Å²) in [4.78, 5) is 49.4. The van der Waals surface area contributed by atoms with Crippen LogP contribution in [0.2, 0.25) is 0 Å². The Morgan fingerprint density at radius 1 is 0.446 bits per heavy atom. The fourth-order valence-electron chi connectivity index (χ4n) is 7.56. The van der Waals surface area contributed by atoms with Crippen molar-refractivity contribution in [2.45, 2.75) is 19.6 Å². The molecule has 0 amide bonds. The zero-order valence-corrected chi connectivity index (χ0v) is 41.3. The van der Waals surface area contributed by atoms with E-state index in [2.05, 4.69) is 9.98 Å². The molecule has 8 rings (SSSR count). The molecule has 0 N–H and O–H groups in total. The van der Waals surface area contributed by atoms with Crippen LogP contribution in [0.5, 0.6) is 0 Å². The molecule has 26 nitrogen and oxygen atoms in total. The third-order valence-electron chi connectivity index (χ3n) is 11.1. The number of anilines is 2. The van der Waals surface area contributed by atoms with Crippen LogP contribution >= 0.6 is 12.2 Å². The van der Waals surface area contributed by atoms with Crippen molar-refractivity contribution in [2.24, 2.45) is 9.98 Å². The van der Waals surface area contributed by atoms with Gasteiger partial charge in [-0.1, -0.05) is 24.3 Å². The third-order valence-corrected chi connectivity index (χ3v) is 18.7. The fourth-order valence-corrected chi connectivity index (χ4v) is 14.0. The second-order valence-electron chi connectivity index (χ2n) is 15.5. The summed E-state index contributed by atoms with van der Waals surface area (Å²) in [6, 6.07) is 24.5. The molecule has 31 heteroatoms. The van der Waals surface area contributed by atoms with Gasteiger partial charge in [0.2, 0.25) is 5.11 Å². The summed E-state index contributed by atoms with van der Waals surface area (Å²) in [5.74, 6) is -0.477. The third kappa shape index (κ3) is 9.70. The summed E-state index contributed by atoms with van der Waals surface area (Å²) in [5, 5.41) is 44.8. The molecule has 6 aromatic carbocycles. The van der Waals surface area contributed by atoms with E-state index in [0.717, 1.165) is 130 Å². The van der Waals surface area contributed by atoms with Gasteiger partial charge in [0, 0.05) is 59.7 Å². The normalized spacial score (nSPS) is 13.9. The molecule has 2 heterocycles. The van der Waals surface area contributed by atoms with Crippen molar-refractivity contribution in [1.29, 1.82) is 0 Å². The summed E-state index contributed by atoms with van der Waals surface area (Å²) < 4.78 is 119.